The van der Waals surface area contributed by atoms with Gasteiger partial charge in [0.25, 0.3) is 11.7 Å². The minimum absolute atomic E-state index is 0.0363. The van der Waals surface area contributed by atoms with Crippen molar-refractivity contribution in [1.82, 2.24) is 9.88 Å². The van der Waals surface area contributed by atoms with Gasteiger partial charge in [-0.25, -0.2) is 0 Å². The van der Waals surface area contributed by atoms with E-state index in [0.717, 1.165) is 16.5 Å². The first-order valence-corrected chi connectivity index (χ1v) is 12.2. The summed E-state index contributed by atoms with van der Waals surface area (Å²) in [6, 6.07) is 15.5. The van der Waals surface area contributed by atoms with Gasteiger partial charge in [-0.2, -0.15) is 0 Å². The highest BCUT2D eigenvalue weighted by molar-refractivity contribution is 6.47. The highest BCUT2D eigenvalue weighted by Gasteiger charge is 2.46. The number of phenolic OH excluding ortho intramolecular Hbond substituents is 1. The molecular formula is C28H22Cl2N2O5. The van der Waals surface area contributed by atoms with Gasteiger partial charge in [-0.05, 0) is 66.1 Å². The number of aliphatic hydroxyl groups excluding tert-OH is 1. The smallest absolute Gasteiger partial charge is 0.295 e. The van der Waals surface area contributed by atoms with Gasteiger partial charge in [0, 0.05) is 34.2 Å². The molecule has 0 aliphatic carbocycles. The van der Waals surface area contributed by atoms with Gasteiger partial charge in [0.1, 0.15) is 17.3 Å². The number of Topliss-reactive ketones (excluding diaryl/α,β-unsaturated/α-hetero) is 1. The lowest BCUT2D eigenvalue weighted by Gasteiger charge is -2.25. The molecule has 3 aromatic carbocycles. The molecule has 1 aliphatic rings. The van der Waals surface area contributed by atoms with Crippen molar-refractivity contribution in [2.75, 3.05) is 13.7 Å². The number of nitrogens with zero attached hydrogens (tertiary/aromatic N) is 1. The van der Waals surface area contributed by atoms with Crippen molar-refractivity contribution in [2.45, 2.75) is 12.5 Å². The lowest BCUT2D eigenvalue weighted by molar-refractivity contribution is -0.139. The number of amides is 1. The predicted molar refractivity (Wildman–Crippen MR) is 142 cm³/mol. The van der Waals surface area contributed by atoms with Crippen LogP contribution in [0.1, 0.15) is 22.7 Å². The van der Waals surface area contributed by atoms with Gasteiger partial charge in [0.2, 0.25) is 0 Å². The summed E-state index contributed by atoms with van der Waals surface area (Å²) in [7, 11) is 1.59. The molecule has 1 aliphatic heterocycles. The van der Waals surface area contributed by atoms with Crippen LogP contribution < -0.4 is 4.74 Å². The summed E-state index contributed by atoms with van der Waals surface area (Å²) >= 11 is 12.3. The Morgan fingerprint density at radius 3 is 2.51 bits per heavy atom. The number of carbonyl (C=O) groups is 2. The third-order valence-corrected chi connectivity index (χ3v) is 7.08. The van der Waals surface area contributed by atoms with Gasteiger partial charge >= 0.3 is 0 Å². The van der Waals surface area contributed by atoms with Gasteiger partial charge in [-0.3, -0.25) is 9.59 Å². The Hall–Kier alpha value is -3.94. The molecule has 1 atom stereocenters. The van der Waals surface area contributed by atoms with Crippen molar-refractivity contribution < 1.29 is 24.5 Å². The van der Waals surface area contributed by atoms with E-state index in [1.165, 1.54) is 29.2 Å². The largest absolute Gasteiger partial charge is 0.508 e. The summed E-state index contributed by atoms with van der Waals surface area (Å²) in [5.41, 5.74) is 2.53. The Balaban J connectivity index is 1.57. The monoisotopic (exact) mass is 536 g/mol. The first kappa shape index (κ1) is 24.7. The fourth-order valence-corrected chi connectivity index (χ4v) is 5.17. The number of aromatic amines is 1. The van der Waals surface area contributed by atoms with Crippen LogP contribution in [0.25, 0.3) is 16.7 Å². The van der Waals surface area contributed by atoms with Crippen LogP contribution in [0.3, 0.4) is 0 Å². The Bertz CT molecular complexity index is 1560. The molecule has 0 spiro atoms. The number of hydrogen-bond acceptors (Lipinski definition) is 5. The Morgan fingerprint density at radius 1 is 1.05 bits per heavy atom. The first-order valence-electron chi connectivity index (χ1n) is 11.4. The van der Waals surface area contributed by atoms with Crippen LogP contribution in [-0.2, 0) is 16.0 Å². The second-order valence-corrected chi connectivity index (χ2v) is 9.53. The Labute approximate surface area is 222 Å². The summed E-state index contributed by atoms with van der Waals surface area (Å²) in [6.07, 6.45) is 2.31. The molecule has 188 valence electrons. The quantitative estimate of drug-likeness (QED) is 0.163. The summed E-state index contributed by atoms with van der Waals surface area (Å²) in [5.74, 6) is -1.20. The third-order valence-electron chi connectivity index (χ3n) is 6.53. The lowest BCUT2D eigenvalue weighted by Crippen LogP contribution is -2.31. The van der Waals surface area contributed by atoms with E-state index in [0.29, 0.717) is 22.8 Å². The van der Waals surface area contributed by atoms with Crippen LogP contribution in [-0.4, -0.2) is 45.4 Å². The van der Waals surface area contributed by atoms with Gasteiger partial charge in [-0.15, -0.1) is 0 Å². The van der Waals surface area contributed by atoms with E-state index in [1.54, 1.807) is 25.3 Å². The summed E-state index contributed by atoms with van der Waals surface area (Å²) in [5, 5.41) is 22.5. The van der Waals surface area contributed by atoms with Crippen molar-refractivity contribution in [3.05, 3.63) is 99.2 Å². The normalized spacial score (nSPS) is 17.1. The van der Waals surface area contributed by atoms with Crippen LogP contribution in [0.5, 0.6) is 11.5 Å². The molecule has 3 N–H and O–H groups in total. The number of aromatic hydroxyl groups is 1. The first-order chi connectivity index (χ1) is 17.8. The molecular weight excluding hydrogens is 515 g/mol. The molecule has 5 rings (SSSR count). The third kappa shape index (κ3) is 4.52. The molecule has 0 radical (unpaired) electrons. The number of aliphatic hydroxyl groups is 1. The number of fused-ring (bicyclic) bond motifs is 1. The van der Waals surface area contributed by atoms with Gasteiger partial charge in [-0.1, -0.05) is 35.3 Å². The molecule has 1 fully saturated rings. The average molecular weight is 537 g/mol. The van der Waals surface area contributed by atoms with Crippen LogP contribution in [0.2, 0.25) is 10.0 Å². The SMILES string of the molecule is COc1ccc2[nH]cc(CCN3C(=O)C(=O)C(=C(O)c4ccc(Cl)cc4Cl)[C@H]3c3ccc(O)cc3)c2c1. The number of nitrogens with one attached hydrogen (secondary N) is 1. The molecule has 7 nitrogen and oxygen atoms in total. The van der Waals surface area contributed by atoms with Crippen molar-refractivity contribution in [3.8, 4) is 11.5 Å². The summed E-state index contributed by atoms with van der Waals surface area (Å²) in [4.78, 5) is 31.2. The molecule has 0 unspecified atom stereocenters. The molecule has 1 aromatic heterocycles. The number of ketones is 1. The number of phenols is 1. The molecule has 1 amide bonds. The number of hydrogen-bond donors (Lipinski definition) is 3. The van der Waals surface area contributed by atoms with Crippen LogP contribution in [0.4, 0.5) is 0 Å². The Kier molecular flexibility index (Phi) is 6.58. The molecule has 0 bridgehead atoms. The van der Waals surface area contributed by atoms with E-state index < -0.39 is 23.5 Å². The number of halogens is 2. The molecule has 2 heterocycles. The minimum Gasteiger partial charge on any atom is -0.508 e. The minimum atomic E-state index is -0.882. The second-order valence-electron chi connectivity index (χ2n) is 8.68. The van der Waals surface area contributed by atoms with E-state index in [1.807, 2.05) is 24.4 Å². The van der Waals surface area contributed by atoms with Crippen LogP contribution >= 0.6 is 23.2 Å². The number of carbonyl (C=O) groups excluding carboxylic acids is 2. The topological polar surface area (TPSA) is 103 Å². The van der Waals surface area contributed by atoms with E-state index in [-0.39, 0.29) is 28.5 Å². The molecule has 0 saturated carbocycles. The number of ether oxygens (including phenoxy) is 1. The zero-order chi connectivity index (χ0) is 26.3. The fourth-order valence-electron chi connectivity index (χ4n) is 4.67. The van der Waals surface area contributed by atoms with E-state index in [9.17, 15) is 19.8 Å². The van der Waals surface area contributed by atoms with Gasteiger partial charge in [0.15, 0.2) is 0 Å². The molecule has 1 saturated heterocycles. The predicted octanol–water partition coefficient (Wildman–Crippen LogP) is 5.85. The molecule has 37 heavy (non-hydrogen) atoms. The molecule has 9 heteroatoms. The van der Waals surface area contributed by atoms with E-state index >= 15 is 0 Å². The van der Waals surface area contributed by atoms with E-state index in [4.69, 9.17) is 27.9 Å². The highest BCUT2D eigenvalue weighted by Crippen LogP contribution is 2.41. The highest BCUT2D eigenvalue weighted by atomic mass is 35.5. The zero-order valence-electron chi connectivity index (χ0n) is 19.7. The number of likely N-dealkylation sites (tertiary alicyclic amines) is 1. The second kappa shape index (κ2) is 9.84. The maximum Gasteiger partial charge on any atom is 0.295 e. The van der Waals surface area contributed by atoms with E-state index in [2.05, 4.69) is 4.98 Å². The number of benzene rings is 3. The zero-order valence-corrected chi connectivity index (χ0v) is 21.2. The van der Waals surface area contributed by atoms with Gasteiger partial charge in [0.05, 0.1) is 23.7 Å². The maximum atomic E-state index is 13.3. The average Bonchev–Trinajstić information content (AvgIpc) is 3.40. The number of H-pyrrole nitrogens is 1. The lowest BCUT2D eigenvalue weighted by atomic mass is 9.95. The molecule has 4 aromatic rings. The van der Waals surface area contributed by atoms with Crippen LogP contribution in [0.15, 0.2) is 72.4 Å². The Morgan fingerprint density at radius 2 is 1.81 bits per heavy atom. The number of aromatic nitrogens is 1. The van der Waals surface area contributed by atoms with Gasteiger partial charge < -0.3 is 24.8 Å². The van der Waals surface area contributed by atoms with Crippen molar-refractivity contribution in [2.24, 2.45) is 0 Å². The number of rotatable bonds is 6. The van der Waals surface area contributed by atoms with Crippen molar-refractivity contribution in [3.63, 3.8) is 0 Å². The number of methoxy groups -OCH3 is 1. The fraction of sp³-hybridized carbons (Fsp3) is 0.143. The summed E-state index contributed by atoms with van der Waals surface area (Å²) in [6.45, 7) is 0.200. The van der Waals surface area contributed by atoms with Crippen molar-refractivity contribution in [1.29, 1.82) is 0 Å². The maximum absolute atomic E-state index is 13.3. The van der Waals surface area contributed by atoms with Crippen LogP contribution in [0, 0.1) is 0 Å². The summed E-state index contributed by atoms with van der Waals surface area (Å²) < 4.78 is 5.34. The standard InChI is InChI=1S/C28H22Cl2N2O5/c1-37-19-7-9-23-21(13-19)16(14-31-23)10-11-32-25(15-2-5-18(33)6-3-15)24(27(35)28(32)36)26(34)20-8-4-17(29)12-22(20)30/h2-9,12-14,25,31,33-34H,10-11H2,1H3/t25-/m1/s1. The van der Waals surface area contributed by atoms with Crippen molar-refractivity contribution >= 4 is 51.6 Å².